The van der Waals surface area contributed by atoms with Crippen LogP contribution >= 0.6 is 0 Å². The largest absolute Gasteiger partial charge is 0.493 e. The third-order valence-corrected chi connectivity index (χ3v) is 3.55. The lowest BCUT2D eigenvalue weighted by atomic mass is 10.1. The molecule has 0 spiro atoms. The molecule has 0 aliphatic heterocycles. The van der Waals surface area contributed by atoms with Crippen LogP contribution in [0.25, 0.3) is 0 Å². The monoisotopic (exact) mass is 302 g/mol. The Morgan fingerprint density at radius 1 is 1.00 bits per heavy atom. The van der Waals surface area contributed by atoms with Crippen molar-refractivity contribution in [2.45, 2.75) is 18.8 Å². The first-order valence-corrected chi connectivity index (χ1v) is 6.94. The highest BCUT2D eigenvalue weighted by atomic mass is 16.5. The minimum absolute atomic E-state index is 0.111. The van der Waals surface area contributed by atoms with Gasteiger partial charge in [0.15, 0.2) is 23.1 Å². The number of nitrogens with two attached hydrogens (primary N) is 2. The number of ether oxygens (including phenoxy) is 3. The Bertz CT molecular complexity index is 701. The van der Waals surface area contributed by atoms with Gasteiger partial charge >= 0.3 is 0 Å². The van der Waals surface area contributed by atoms with Crippen LogP contribution in [-0.4, -0.2) is 24.2 Å². The van der Waals surface area contributed by atoms with Gasteiger partial charge in [0.2, 0.25) is 5.95 Å². The van der Waals surface area contributed by atoms with Gasteiger partial charge in [0.25, 0.3) is 0 Å². The first kappa shape index (κ1) is 14.2. The van der Waals surface area contributed by atoms with Gasteiger partial charge in [0, 0.05) is 11.6 Å². The van der Waals surface area contributed by atoms with Crippen molar-refractivity contribution in [3.05, 3.63) is 23.9 Å². The third kappa shape index (κ3) is 2.69. The van der Waals surface area contributed by atoms with E-state index in [4.69, 9.17) is 25.7 Å². The molecule has 1 aliphatic rings. The van der Waals surface area contributed by atoms with Gasteiger partial charge in [0.1, 0.15) is 5.75 Å². The van der Waals surface area contributed by atoms with Crippen LogP contribution in [-0.2, 0) is 0 Å². The molecule has 7 nitrogen and oxygen atoms in total. The minimum Gasteiger partial charge on any atom is -0.493 e. The molecule has 1 aromatic carbocycles. The lowest BCUT2D eigenvalue weighted by Crippen LogP contribution is -2.02. The lowest BCUT2D eigenvalue weighted by Gasteiger charge is -2.15. The van der Waals surface area contributed by atoms with E-state index in [0.717, 1.165) is 18.4 Å². The van der Waals surface area contributed by atoms with Crippen molar-refractivity contribution in [2.75, 3.05) is 25.7 Å². The molecule has 1 saturated carbocycles. The Morgan fingerprint density at radius 2 is 1.68 bits per heavy atom. The molecule has 0 saturated heterocycles. The Balaban J connectivity index is 2.01. The molecule has 0 amide bonds. The molecule has 0 bridgehead atoms. The van der Waals surface area contributed by atoms with Crippen molar-refractivity contribution in [3.8, 4) is 23.0 Å². The molecular weight excluding hydrogens is 284 g/mol. The van der Waals surface area contributed by atoms with E-state index in [1.807, 2.05) is 6.07 Å². The van der Waals surface area contributed by atoms with Crippen molar-refractivity contribution < 1.29 is 14.2 Å². The second-order valence-electron chi connectivity index (χ2n) is 5.10. The number of hydrogen-bond donors (Lipinski definition) is 2. The zero-order chi connectivity index (χ0) is 15.7. The van der Waals surface area contributed by atoms with Crippen molar-refractivity contribution in [2.24, 2.45) is 0 Å². The van der Waals surface area contributed by atoms with Crippen LogP contribution in [0, 0.1) is 0 Å². The fourth-order valence-electron chi connectivity index (χ4n) is 2.27. The van der Waals surface area contributed by atoms with Crippen molar-refractivity contribution in [3.63, 3.8) is 0 Å². The quantitative estimate of drug-likeness (QED) is 0.873. The molecule has 1 heterocycles. The number of hydrogen-bond acceptors (Lipinski definition) is 7. The summed E-state index contributed by atoms with van der Waals surface area (Å²) in [5.41, 5.74) is 12.4. The number of aromatic nitrogens is 2. The Hall–Kier alpha value is -2.70. The Kier molecular flexibility index (Phi) is 3.62. The van der Waals surface area contributed by atoms with Gasteiger partial charge in [-0.15, -0.1) is 0 Å². The van der Waals surface area contributed by atoms with Gasteiger partial charge in [-0.25, -0.2) is 4.98 Å². The van der Waals surface area contributed by atoms with E-state index in [9.17, 15) is 0 Å². The molecule has 0 unspecified atom stereocenters. The van der Waals surface area contributed by atoms with Gasteiger partial charge in [-0.1, -0.05) is 0 Å². The smallest absolute Gasteiger partial charge is 0.222 e. The van der Waals surface area contributed by atoms with Gasteiger partial charge in [-0.3, -0.25) is 0 Å². The second-order valence-corrected chi connectivity index (χ2v) is 5.10. The van der Waals surface area contributed by atoms with Gasteiger partial charge in [-0.2, -0.15) is 4.98 Å². The molecule has 4 N–H and O–H groups in total. The number of nitrogens with zero attached hydrogens (tertiary/aromatic N) is 2. The molecule has 1 aliphatic carbocycles. The zero-order valence-corrected chi connectivity index (χ0v) is 12.5. The maximum absolute atomic E-state index is 5.90. The van der Waals surface area contributed by atoms with E-state index in [-0.39, 0.29) is 11.8 Å². The van der Waals surface area contributed by atoms with E-state index < -0.39 is 0 Å². The second kappa shape index (κ2) is 5.59. The zero-order valence-electron chi connectivity index (χ0n) is 12.5. The highest BCUT2D eigenvalue weighted by Crippen LogP contribution is 2.49. The molecule has 0 atom stereocenters. The maximum Gasteiger partial charge on any atom is 0.222 e. The molecule has 2 aromatic rings. The van der Waals surface area contributed by atoms with E-state index in [0.29, 0.717) is 28.9 Å². The first-order valence-electron chi connectivity index (χ1n) is 6.94. The van der Waals surface area contributed by atoms with Gasteiger partial charge in [0.05, 0.1) is 20.4 Å². The molecule has 1 fully saturated rings. The van der Waals surface area contributed by atoms with Crippen molar-refractivity contribution >= 4 is 11.8 Å². The molecule has 116 valence electrons. The van der Waals surface area contributed by atoms with Crippen LogP contribution in [0.2, 0.25) is 0 Å². The van der Waals surface area contributed by atoms with Crippen LogP contribution in [0.3, 0.4) is 0 Å². The number of nitrogen functional groups attached to an aromatic ring is 2. The summed E-state index contributed by atoms with van der Waals surface area (Å²) in [6.45, 7) is 0. The molecule has 1 aromatic heterocycles. The summed E-state index contributed by atoms with van der Waals surface area (Å²) >= 11 is 0. The molecule has 7 heteroatoms. The fourth-order valence-corrected chi connectivity index (χ4v) is 2.27. The molecule has 3 rings (SSSR count). The maximum atomic E-state index is 5.90. The Labute approximate surface area is 128 Å². The van der Waals surface area contributed by atoms with E-state index >= 15 is 0 Å². The molecular formula is C15H18N4O3. The van der Waals surface area contributed by atoms with E-state index in [2.05, 4.69) is 9.97 Å². The lowest BCUT2D eigenvalue weighted by molar-refractivity contribution is 0.351. The summed E-state index contributed by atoms with van der Waals surface area (Å²) in [4.78, 5) is 7.81. The average molecular weight is 302 g/mol. The summed E-state index contributed by atoms with van der Waals surface area (Å²) in [6.07, 6.45) is 3.71. The van der Waals surface area contributed by atoms with Crippen molar-refractivity contribution in [1.29, 1.82) is 0 Å². The molecule has 0 radical (unpaired) electrons. The minimum atomic E-state index is 0.111. The normalized spacial score (nSPS) is 13.7. The number of methoxy groups -OCH3 is 2. The summed E-state index contributed by atoms with van der Waals surface area (Å²) in [5.74, 6) is 3.08. The van der Waals surface area contributed by atoms with Crippen LogP contribution in [0.15, 0.2) is 18.3 Å². The predicted octanol–water partition coefficient (Wildman–Crippen LogP) is 2.33. The highest BCUT2D eigenvalue weighted by Gasteiger charge is 2.29. The molecule has 22 heavy (non-hydrogen) atoms. The van der Waals surface area contributed by atoms with E-state index in [1.54, 1.807) is 20.3 Å². The summed E-state index contributed by atoms with van der Waals surface area (Å²) < 4.78 is 16.6. The summed E-state index contributed by atoms with van der Waals surface area (Å²) in [7, 11) is 3.19. The SMILES string of the molecule is COc1cc(Oc2cnc(N)nc2N)c(C2CC2)cc1OC. The van der Waals surface area contributed by atoms with Crippen LogP contribution in [0.5, 0.6) is 23.0 Å². The van der Waals surface area contributed by atoms with Crippen LogP contribution in [0.4, 0.5) is 11.8 Å². The topological polar surface area (TPSA) is 106 Å². The van der Waals surface area contributed by atoms with Crippen LogP contribution in [0.1, 0.15) is 24.3 Å². The summed E-state index contributed by atoms with van der Waals surface area (Å²) in [6, 6.07) is 3.74. The number of benzene rings is 1. The number of rotatable bonds is 5. The number of anilines is 2. The van der Waals surface area contributed by atoms with Crippen molar-refractivity contribution in [1.82, 2.24) is 9.97 Å². The van der Waals surface area contributed by atoms with Crippen LogP contribution < -0.4 is 25.7 Å². The van der Waals surface area contributed by atoms with Gasteiger partial charge in [-0.05, 0) is 24.8 Å². The predicted molar refractivity (Wildman–Crippen MR) is 82.5 cm³/mol. The fraction of sp³-hybridized carbons (Fsp3) is 0.333. The highest BCUT2D eigenvalue weighted by molar-refractivity contribution is 5.56. The summed E-state index contributed by atoms with van der Waals surface area (Å²) in [5, 5.41) is 0. The average Bonchev–Trinajstić information content (AvgIpc) is 3.34. The van der Waals surface area contributed by atoms with Gasteiger partial charge < -0.3 is 25.7 Å². The Morgan fingerprint density at radius 3 is 2.27 bits per heavy atom. The first-order chi connectivity index (χ1) is 10.6. The third-order valence-electron chi connectivity index (χ3n) is 3.55. The standard InChI is InChI=1S/C15H18N4O3/c1-20-11-5-9(8-3-4-8)10(6-12(11)21-2)22-13-7-18-15(17)19-14(13)16/h5-8H,3-4H2,1-2H3,(H4,16,17,18,19). The van der Waals surface area contributed by atoms with E-state index in [1.165, 1.54) is 6.20 Å².